The van der Waals surface area contributed by atoms with E-state index in [2.05, 4.69) is 33.1 Å². The van der Waals surface area contributed by atoms with Crippen LogP contribution in [0.2, 0.25) is 0 Å². The average molecular weight is 792 g/mol. The van der Waals surface area contributed by atoms with E-state index in [1.807, 2.05) is 93.6 Å². The van der Waals surface area contributed by atoms with Gasteiger partial charge in [-0.2, -0.15) is 0 Å². The second-order valence-corrected chi connectivity index (χ2v) is 12.3. The van der Waals surface area contributed by atoms with Crippen molar-refractivity contribution in [3.05, 3.63) is 147 Å². The summed E-state index contributed by atoms with van der Waals surface area (Å²) in [4.78, 5) is 0. The molecule has 0 aromatic heterocycles. The van der Waals surface area contributed by atoms with Crippen molar-refractivity contribution in [3.8, 4) is 40.2 Å². The maximum absolute atomic E-state index is 9.91. The first-order chi connectivity index (χ1) is 24.7. The van der Waals surface area contributed by atoms with Gasteiger partial charge in [0, 0.05) is 32.7 Å². The van der Waals surface area contributed by atoms with Gasteiger partial charge in [-0.25, -0.2) is 0 Å². The van der Waals surface area contributed by atoms with Gasteiger partial charge in [-0.1, -0.05) is 67.8 Å². The molecule has 4 aromatic rings. The summed E-state index contributed by atoms with van der Waals surface area (Å²) in [5.41, 5.74) is 10.1. The molecule has 0 saturated heterocycles. The Hall–Kier alpha value is -4.98. The first-order valence-electron chi connectivity index (χ1n) is 16.6. The summed E-state index contributed by atoms with van der Waals surface area (Å²) in [5.74, 6) is 2.72. The van der Waals surface area contributed by atoms with Crippen molar-refractivity contribution in [2.24, 2.45) is 0 Å². The van der Waals surface area contributed by atoms with Gasteiger partial charge in [-0.3, -0.25) is 0 Å². The largest absolute Gasteiger partial charge is 0.504 e. The fourth-order valence-corrected chi connectivity index (χ4v) is 5.16. The third-order valence-electron chi connectivity index (χ3n) is 8.34. The molecule has 0 heterocycles. The third kappa shape index (κ3) is 12.6. The van der Waals surface area contributed by atoms with Crippen LogP contribution in [0, 0.1) is 34.6 Å². The molecule has 0 fully saturated rings. The second-order valence-electron chi connectivity index (χ2n) is 12.3. The van der Waals surface area contributed by atoms with Gasteiger partial charge in [-0.05, 0) is 138 Å². The molecule has 275 valence electrons. The van der Waals surface area contributed by atoms with Crippen molar-refractivity contribution >= 4 is 24.3 Å². The molecular weight excluding hydrogens is 741 g/mol. The molecule has 0 amide bonds. The smallest absolute Gasteiger partial charge is 0.161 e. The Bertz CT molecular complexity index is 1760. The molecule has 0 aliphatic carbocycles. The van der Waals surface area contributed by atoms with E-state index in [4.69, 9.17) is 18.9 Å². The zero-order chi connectivity index (χ0) is 38.5. The molecule has 4 aromatic carbocycles. The van der Waals surface area contributed by atoms with Crippen molar-refractivity contribution in [1.82, 2.24) is 0 Å². The van der Waals surface area contributed by atoms with E-state index in [1.165, 1.54) is 19.8 Å². The van der Waals surface area contributed by atoms with E-state index < -0.39 is 0 Å². The number of allylic oxidation sites excluding steroid dienone is 6. The van der Waals surface area contributed by atoms with Crippen LogP contribution in [0.4, 0.5) is 0 Å². The topological polar surface area (TPSA) is 97.6 Å². The van der Waals surface area contributed by atoms with Crippen LogP contribution in [-0.2, 0) is 32.7 Å². The predicted octanol–water partition coefficient (Wildman–Crippen LogP) is 10.6. The van der Waals surface area contributed by atoms with Crippen LogP contribution in [0.1, 0.15) is 50.1 Å². The quantitative estimate of drug-likeness (QED) is 0.123. The van der Waals surface area contributed by atoms with Gasteiger partial charge in [0.1, 0.15) is 5.75 Å². The van der Waals surface area contributed by atoms with Gasteiger partial charge in [0.05, 0.1) is 28.4 Å². The monoisotopic (exact) mass is 791 g/mol. The van der Waals surface area contributed by atoms with Gasteiger partial charge in [0.25, 0.3) is 0 Å². The van der Waals surface area contributed by atoms with Gasteiger partial charge in [0.15, 0.2) is 34.5 Å². The van der Waals surface area contributed by atoms with Crippen molar-refractivity contribution in [2.75, 3.05) is 28.4 Å². The Kier molecular flexibility index (Phi) is 17.4. The zero-order valence-corrected chi connectivity index (χ0v) is 35.0. The Balaban J connectivity index is 0.000000360. The Morgan fingerprint density at radius 1 is 0.434 bits per heavy atom. The van der Waals surface area contributed by atoms with E-state index in [0.717, 1.165) is 61.4 Å². The number of hydrogen-bond acceptors (Lipinski definition) is 7. The van der Waals surface area contributed by atoms with Crippen molar-refractivity contribution in [2.45, 2.75) is 34.6 Å². The van der Waals surface area contributed by atoms with Crippen molar-refractivity contribution in [1.29, 1.82) is 0 Å². The summed E-state index contributed by atoms with van der Waals surface area (Å²) in [5, 5.41) is 29.7. The Morgan fingerprint density at radius 2 is 0.679 bits per heavy atom. The van der Waals surface area contributed by atoms with Crippen LogP contribution in [-0.4, -0.2) is 43.8 Å². The number of hydrogen-bond donors (Lipinski definition) is 3. The molecule has 0 unspecified atom stereocenters. The molecule has 0 spiro atoms. The van der Waals surface area contributed by atoms with E-state index in [9.17, 15) is 15.3 Å². The summed E-state index contributed by atoms with van der Waals surface area (Å²) < 4.78 is 20.9. The molecule has 8 heteroatoms. The molecule has 3 N–H and O–H groups in total. The number of phenolic OH excluding ortho intramolecular Hbond substituents is 3. The minimum atomic E-state index is 0. The molecule has 0 aliphatic heterocycles. The summed E-state index contributed by atoms with van der Waals surface area (Å²) in [6.07, 6.45) is 15.4. The number of rotatable bonds is 12. The fourth-order valence-electron chi connectivity index (χ4n) is 5.16. The van der Waals surface area contributed by atoms with E-state index in [1.54, 1.807) is 32.4 Å². The number of phenols is 3. The number of methoxy groups -OCH3 is 4. The predicted molar refractivity (Wildman–Crippen MR) is 215 cm³/mol. The summed E-state index contributed by atoms with van der Waals surface area (Å²) in [6.45, 7) is 17.7. The van der Waals surface area contributed by atoms with Gasteiger partial charge in [0.2, 0.25) is 0 Å². The average Bonchev–Trinajstić information content (AvgIpc) is 3.13. The number of aryl methyl sites for hydroxylation is 4. The molecule has 0 bridgehead atoms. The van der Waals surface area contributed by atoms with Crippen LogP contribution >= 0.6 is 0 Å². The summed E-state index contributed by atoms with van der Waals surface area (Å²) in [7, 11) is 6.28. The van der Waals surface area contributed by atoms with Crippen molar-refractivity contribution < 1.29 is 67.0 Å². The molecule has 0 saturated carbocycles. The Labute approximate surface area is 339 Å². The number of ether oxygens (including phenoxy) is 4. The minimum absolute atomic E-state index is 0. The maximum atomic E-state index is 9.91. The Morgan fingerprint density at radius 3 is 0.943 bits per heavy atom. The molecular formula is C45H50O7Y. The number of benzene rings is 4. The van der Waals surface area contributed by atoms with Crippen LogP contribution < -0.4 is 18.9 Å². The van der Waals surface area contributed by atoms with Crippen LogP contribution in [0.3, 0.4) is 0 Å². The zero-order valence-electron chi connectivity index (χ0n) is 32.2. The van der Waals surface area contributed by atoms with Gasteiger partial charge in [-0.15, -0.1) is 0 Å². The third-order valence-corrected chi connectivity index (χ3v) is 8.34. The first-order valence-corrected chi connectivity index (χ1v) is 16.6. The van der Waals surface area contributed by atoms with Crippen LogP contribution in [0.25, 0.3) is 24.3 Å². The van der Waals surface area contributed by atoms with Gasteiger partial charge >= 0.3 is 0 Å². The van der Waals surface area contributed by atoms with Crippen LogP contribution in [0.5, 0.6) is 40.2 Å². The minimum Gasteiger partial charge on any atom is -0.504 e. The maximum Gasteiger partial charge on any atom is 0.161 e. The molecule has 0 atom stereocenters. The van der Waals surface area contributed by atoms with Crippen molar-refractivity contribution in [3.63, 3.8) is 0 Å². The molecule has 4 rings (SSSR count). The molecule has 7 nitrogen and oxygen atoms in total. The number of aromatic hydroxyl groups is 3. The molecule has 53 heavy (non-hydrogen) atoms. The summed E-state index contributed by atoms with van der Waals surface area (Å²) in [6, 6.07) is 15.1. The normalized spacial score (nSPS) is 11.0. The molecule has 0 aliphatic rings. The standard InChI is InChI=1S/C23H26O3.C22H24O4.Y/c1-15(7-9-19-11-16(2)18(4)21(13-19)25-5)8-10-20-12-17(3)23(24)22(14-20)26-6;1-14(6-8-17-10-15(2)21(23)19(12-17)25-4)7-9-18-11-16(3)22(24)20(13-18)26-5;/h7-14,24H,1H2,2-6H3;6-13,23-24H,1H2,2-5H3;/b9-7+,10-8+;8-6+,9-7+;. The van der Waals surface area contributed by atoms with Crippen LogP contribution in [0.15, 0.2) is 97.1 Å². The fraction of sp³-hybridized carbons (Fsp3) is 0.200. The van der Waals surface area contributed by atoms with E-state index in [0.29, 0.717) is 17.2 Å². The molecule has 1 radical (unpaired) electrons. The summed E-state index contributed by atoms with van der Waals surface area (Å²) >= 11 is 0. The van der Waals surface area contributed by atoms with E-state index >= 15 is 0 Å². The van der Waals surface area contributed by atoms with Gasteiger partial charge < -0.3 is 34.3 Å². The SMILES string of the molecule is C=C(/C=C/c1cc(C)c(C)c(OC)c1)/C=C/c1cc(C)c(O)c(OC)c1.C=C(/C=C/c1cc(C)c(O)c(OC)c1)/C=C/c1cc(C)c(O)c(OC)c1.[Y]. The van der Waals surface area contributed by atoms with E-state index in [-0.39, 0.29) is 50.0 Å². The second kappa shape index (κ2) is 20.9. The first kappa shape index (κ1) is 44.2.